The Morgan fingerprint density at radius 3 is 2.43 bits per heavy atom. The number of aryl methyl sites for hydroxylation is 1. The fraction of sp³-hybridized carbons (Fsp3) is 0.125. The van der Waals surface area contributed by atoms with E-state index in [1.54, 1.807) is 36.4 Å². The van der Waals surface area contributed by atoms with E-state index in [9.17, 15) is 23.5 Å². The number of nitriles is 1. The fourth-order valence-electron chi connectivity index (χ4n) is 2.45. The number of pyridine rings is 1. The molecule has 0 radical (unpaired) electrons. The summed E-state index contributed by atoms with van der Waals surface area (Å²) in [6.07, 6.45) is -4.63. The molecule has 2 heterocycles. The van der Waals surface area contributed by atoms with E-state index in [0.717, 1.165) is 17.4 Å². The van der Waals surface area contributed by atoms with Crippen LogP contribution in [0, 0.1) is 18.3 Å². The lowest BCUT2D eigenvalue weighted by atomic mass is 10.1. The number of alkyl halides is 3. The standard InChI is InChI=1S/C16H9F3N2OS/c1-9-7-12(16(17,18)19)11(8-20)15-21(9)14(22)13(23-15)10-5-3-2-4-6-10/h2-7H,1H3/p+1. The molecule has 3 aromatic rings. The highest BCUT2D eigenvalue weighted by Crippen LogP contribution is 2.39. The lowest BCUT2D eigenvalue weighted by Crippen LogP contribution is -2.26. The van der Waals surface area contributed by atoms with Crippen LogP contribution in [0.2, 0.25) is 0 Å². The Bertz CT molecular complexity index is 940. The Morgan fingerprint density at radius 1 is 1.22 bits per heavy atom. The van der Waals surface area contributed by atoms with Crippen molar-refractivity contribution in [3.05, 3.63) is 53.2 Å². The van der Waals surface area contributed by atoms with E-state index in [1.807, 2.05) is 0 Å². The average Bonchev–Trinajstić information content (AvgIpc) is 2.85. The molecule has 0 saturated heterocycles. The zero-order valence-electron chi connectivity index (χ0n) is 11.8. The minimum Gasteiger partial charge on any atom is -0.458 e. The first-order chi connectivity index (χ1) is 10.8. The summed E-state index contributed by atoms with van der Waals surface area (Å²) in [5, 5.41) is 19.6. The summed E-state index contributed by atoms with van der Waals surface area (Å²) >= 11 is 0.963. The minimum absolute atomic E-state index is 0.0798. The Hall–Kier alpha value is -2.59. The summed E-state index contributed by atoms with van der Waals surface area (Å²) in [5.41, 5.74) is -0.582. The predicted molar refractivity (Wildman–Crippen MR) is 79.0 cm³/mol. The third-order valence-corrected chi connectivity index (χ3v) is 4.66. The van der Waals surface area contributed by atoms with Crippen LogP contribution < -0.4 is 4.40 Å². The molecule has 0 fully saturated rings. The first-order valence-electron chi connectivity index (χ1n) is 6.58. The average molecular weight is 335 g/mol. The molecule has 0 atom stereocenters. The second-order valence-corrected chi connectivity index (χ2v) is 5.94. The van der Waals surface area contributed by atoms with Crippen molar-refractivity contribution in [1.29, 1.82) is 5.26 Å². The van der Waals surface area contributed by atoms with Crippen LogP contribution in [0.4, 0.5) is 13.2 Å². The van der Waals surface area contributed by atoms with Crippen LogP contribution in [0.25, 0.3) is 15.3 Å². The molecular weight excluding hydrogens is 325 g/mol. The summed E-state index contributed by atoms with van der Waals surface area (Å²) in [6, 6.07) is 11.3. The first-order valence-corrected chi connectivity index (χ1v) is 7.40. The van der Waals surface area contributed by atoms with Gasteiger partial charge in [0.15, 0.2) is 10.6 Å². The van der Waals surface area contributed by atoms with Gasteiger partial charge >= 0.3 is 12.1 Å². The van der Waals surface area contributed by atoms with Crippen LogP contribution in [0.15, 0.2) is 36.4 Å². The van der Waals surface area contributed by atoms with Gasteiger partial charge < -0.3 is 5.11 Å². The maximum atomic E-state index is 13.2. The zero-order valence-corrected chi connectivity index (χ0v) is 12.7. The van der Waals surface area contributed by atoms with Crippen molar-refractivity contribution >= 4 is 16.2 Å². The summed E-state index contributed by atoms with van der Waals surface area (Å²) in [4.78, 5) is 0.501. The second-order valence-electron chi connectivity index (χ2n) is 4.95. The molecule has 0 unspecified atom stereocenters. The van der Waals surface area contributed by atoms with E-state index in [-0.39, 0.29) is 16.4 Å². The fourth-order valence-corrected chi connectivity index (χ4v) is 3.65. The maximum Gasteiger partial charge on any atom is 0.418 e. The van der Waals surface area contributed by atoms with Crippen LogP contribution in [0.3, 0.4) is 0 Å². The van der Waals surface area contributed by atoms with Gasteiger partial charge in [0.1, 0.15) is 11.6 Å². The van der Waals surface area contributed by atoms with E-state index in [0.29, 0.717) is 10.4 Å². The molecule has 116 valence electrons. The Morgan fingerprint density at radius 2 is 1.87 bits per heavy atom. The molecule has 0 bridgehead atoms. The van der Waals surface area contributed by atoms with Crippen molar-refractivity contribution in [3.63, 3.8) is 0 Å². The quantitative estimate of drug-likeness (QED) is 0.682. The summed E-state index contributed by atoms with van der Waals surface area (Å²) in [5.74, 6) is -0.168. The molecular formula is C16H10F3N2OS+. The largest absolute Gasteiger partial charge is 0.458 e. The molecule has 3 nitrogen and oxygen atoms in total. The molecule has 0 aliphatic rings. The number of aromatic hydroxyl groups is 1. The number of fused-ring (bicyclic) bond motifs is 1. The van der Waals surface area contributed by atoms with Crippen molar-refractivity contribution in [3.8, 4) is 22.4 Å². The van der Waals surface area contributed by atoms with Crippen molar-refractivity contribution in [2.45, 2.75) is 13.1 Å². The number of rotatable bonds is 1. The van der Waals surface area contributed by atoms with Crippen LogP contribution in [-0.2, 0) is 6.18 Å². The monoisotopic (exact) mass is 335 g/mol. The van der Waals surface area contributed by atoms with Crippen molar-refractivity contribution in [2.75, 3.05) is 0 Å². The molecule has 2 aromatic heterocycles. The normalized spacial score (nSPS) is 11.6. The lowest BCUT2D eigenvalue weighted by molar-refractivity contribution is -0.525. The Balaban J connectivity index is 2.41. The van der Waals surface area contributed by atoms with Crippen LogP contribution in [-0.4, -0.2) is 5.11 Å². The van der Waals surface area contributed by atoms with Gasteiger partial charge in [-0.15, -0.1) is 4.40 Å². The van der Waals surface area contributed by atoms with E-state index < -0.39 is 17.3 Å². The van der Waals surface area contributed by atoms with Gasteiger partial charge in [-0.25, -0.2) is 0 Å². The van der Waals surface area contributed by atoms with Gasteiger partial charge in [-0.2, -0.15) is 18.4 Å². The predicted octanol–water partition coefficient (Wildman–Crippen LogP) is 4.06. The van der Waals surface area contributed by atoms with Gasteiger partial charge in [-0.05, 0) is 0 Å². The molecule has 0 aliphatic heterocycles. The van der Waals surface area contributed by atoms with Gasteiger partial charge in [0, 0.05) is 18.6 Å². The number of hydrogen-bond acceptors (Lipinski definition) is 3. The molecule has 1 N–H and O–H groups in total. The van der Waals surface area contributed by atoms with Gasteiger partial charge in [-0.1, -0.05) is 41.7 Å². The number of nitrogens with zero attached hydrogens (tertiary/aromatic N) is 2. The lowest BCUT2D eigenvalue weighted by Gasteiger charge is -2.07. The molecule has 0 saturated carbocycles. The third-order valence-electron chi connectivity index (χ3n) is 3.46. The Kier molecular flexibility index (Phi) is 3.49. The topological polar surface area (TPSA) is 48.1 Å². The molecule has 0 aliphatic carbocycles. The van der Waals surface area contributed by atoms with Crippen molar-refractivity contribution < 1.29 is 22.7 Å². The molecule has 1 aromatic carbocycles. The van der Waals surface area contributed by atoms with Crippen LogP contribution in [0.5, 0.6) is 5.88 Å². The maximum absolute atomic E-state index is 13.2. The van der Waals surface area contributed by atoms with Gasteiger partial charge in [0.05, 0.1) is 5.56 Å². The minimum atomic E-state index is -4.63. The highest BCUT2D eigenvalue weighted by molar-refractivity contribution is 7.20. The number of aromatic nitrogens is 1. The van der Waals surface area contributed by atoms with Gasteiger partial charge in [0.2, 0.25) is 0 Å². The first kappa shape index (κ1) is 15.3. The highest BCUT2D eigenvalue weighted by Gasteiger charge is 2.39. The van der Waals surface area contributed by atoms with E-state index >= 15 is 0 Å². The third kappa shape index (κ3) is 2.41. The van der Waals surface area contributed by atoms with Crippen LogP contribution in [0.1, 0.15) is 16.8 Å². The van der Waals surface area contributed by atoms with Gasteiger partial charge in [-0.3, -0.25) is 0 Å². The molecule has 0 amide bonds. The highest BCUT2D eigenvalue weighted by atomic mass is 32.1. The Labute approximate surface area is 133 Å². The smallest absolute Gasteiger partial charge is 0.418 e. The number of hydrogen-bond donors (Lipinski definition) is 1. The molecule has 3 rings (SSSR count). The molecule has 23 heavy (non-hydrogen) atoms. The van der Waals surface area contributed by atoms with E-state index in [4.69, 9.17) is 0 Å². The number of thiazole rings is 1. The van der Waals surface area contributed by atoms with Gasteiger partial charge in [0.25, 0.3) is 4.83 Å². The summed E-state index contributed by atoms with van der Waals surface area (Å²) in [6.45, 7) is 1.46. The second kappa shape index (κ2) is 5.25. The van der Waals surface area contributed by atoms with E-state index in [2.05, 4.69) is 0 Å². The zero-order chi connectivity index (χ0) is 16.8. The van der Waals surface area contributed by atoms with Crippen LogP contribution >= 0.6 is 11.3 Å². The number of benzene rings is 1. The van der Waals surface area contributed by atoms with E-state index in [1.165, 1.54) is 11.3 Å². The van der Waals surface area contributed by atoms with Crippen molar-refractivity contribution in [2.24, 2.45) is 0 Å². The molecule has 7 heteroatoms. The molecule has 0 spiro atoms. The van der Waals surface area contributed by atoms with Crippen molar-refractivity contribution in [1.82, 2.24) is 0 Å². The summed E-state index contributed by atoms with van der Waals surface area (Å²) in [7, 11) is 0. The number of halogens is 3. The summed E-state index contributed by atoms with van der Waals surface area (Å²) < 4.78 is 40.7. The SMILES string of the molecule is Cc1cc(C(F)(F)F)c(C#N)c2sc(-c3ccccc3)c(O)[n+]12.